The van der Waals surface area contributed by atoms with Gasteiger partial charge in [0, 0.05) is 18.5 Å². The van der Waals surface area contributed by atoms with Crippen molar-refractivity contribution in [1.29, 1.82) is 0 Å². The summed E-state index contributed by atoms with van der Waals surface area (Å²) in [6.07, 6.45) is 2.45. The van der Waals surface area contributed by atoms with Crippen molar-refractivity contribution in [3.63, 3.8) is 0 Å². The zero-order chi connectivity index (χ0) is 14.3. The molecule has 1 aliphatic heterocycles. The lowest BCUT2D eigenvalue weighted by atomic mass is 9.86. The van der Waals surface area contributed by atoms with Gasteiger partial charge >= 0.3 is 0 Å². The first-order valence-corrected chi connectivity index (χ1v) is 7.56. The molecule has 2 heterocycles. The lowest BCUT2D eigenvalue weighted by Crippen LogP contribution is -2.20. The first-order chi connectivity index (χ1) is 9.45. The number of halogens is 1. The molecular weight excluding hydrogens is 270 g/mol. The molecular formula is C16H20ClN3. The lowest BCUT2D eigenvalue weighted by molar-refractivity contribution is 0.591. The van der Waals surface area contributed by atoms with Crippen LogP contribution in [0.25, 0.3) is 10.9 Å². The van der Waals surface area contributed by atoms with Crippen LogP contribution in [0.15, 0.2) is 18.2 Å². The molecule has 0 aliphatic carbocycles. The smallest absolute Gasteiger partial charge is 0.224 e. The van der Waals surface area contributed by atoms with E-state index in [0.29, 0.717) is 5.28 Å². The topological polar surface area (TPSA) is 29.0 Å². The van der Waals surface area contributed by atoms with Crippen LogP contribution in [0.2, 0.25) is 5.28 Å². The van der Waals surface area contributed by atoms with Crippen molar-refractivity contribution >= 4 is 28.3 Å². The number of rotatable bonds is 1. The van der Waals surface area contributed by atoms with Crippen LogP contribution in [-0.4, -0.2) is 23.1 Å². The van der Waals surface area contributed by atoms with E-state index in [1.165, 1.54) is 18.4 Å². The molecule has 0 amide bonds. The minimum absolute atomic E-state index is 0.121. The number of hydrogen-bond donors (Lipinski definition) is 0. The molecule has 1 saturated heterocycles. The van der Waals surface area contributed by atoms with E-state index in [2.05, 4.69) is 53.8 Å². The molecule has 0 atom stereocenters. The minimum Gasteiger partial charge on any atom is -0.356 e. The number of fused-ring (bicyclic) bond motifs is 1. The van der Waals surface area contributed by atoms with Gasteiger partial charge in [-0.1, -0.05) is 26.8 Å². The van der Waals surface area contributed by atoms with Crippen LogP contribution < -0.4 is 4.90 Å². The van der Waals surface area contributed by atoms with Crippen molar-refractivity contribution in [2.24, 2.45) is 0 Å². The second kappa shape index (κ2) is 4.88. The maximum atomic E-state index is 6.08. The van der Waals surface area contributed by atoms with E-state index < -0.39 is 0 Å². The van der Waals surface area contributed by atoms with E-state index in [-0.39, 0.29) is 5.41 Å². The highest BCUT2D eigenvalue weighted by Gasteiger charge is 2.20. The number of benzene rings is 1. The fraction of sp³-hybridized carbons (Fsp3) is 0.500. The zero-order valence-corrected chi connectivity index (χ0v) is 13.0. The molecule has 0 radical (unpaired) electrons. The van der Waals surface area contributed by atoms with Crippen LogP contribution in [0, 0.1) is 0 Å². The Morgan fingerprint density at radius 3 is 2.45 bits per heavy atom. The van der Waals surface area contributed by atoms with E-state index >= 15 is 0 Å². The Kier molecular flexibility index (Phi) is 3.33. The molecule has 0 spiro atoms. The summed E-state index contributed by atoms with van der Waals surface area (Å²) in [6.45, 7) is 8.78. The van der Waals surface area contributed by atoms with Crippen LogP contribution in [0.5, 0.6) is 0 Å². The normalized spacial score (nSPS) is 16.1. The van der Waals surface area contributed by atoms with Crippen LogP contribution in [0.3, 0.4) is 0 Å². The van der Waals surface area contributed by atoms with E-state index in [9.17, 15) is 0 Å². The molecule has 3 nitrogen and oxygen atoms in total. The van der Waals surface area contributed by atoms with Crippen molar-refractivity contribution in [2.75, 3.05) is 18.0 Å². The summed E-state index contributed by atoms with van der Waals surface area (Å²) >= 11 is 6.08. The second-order valence-electron chi connectivity index (χ2n) is 6.49. The lowest BCUT2D eigenvalue weighted by Gasteiger charge is -2.22. The highest BCUT2D eigenvalue weighted by molar-refractivity contribution is 6.28. The van der Waals surface area contributed by atoms with Gasteiger partial charge in [0.25, 0.3) is 0 Å². The summed E-state index contributed by atoms with van der Waals surface area (Å²) in [5.74, 6) is 0.989. The Hall–Kier alpha value is -1.35. The molecule has 3 rings (SSSR count). The van der Waals surface area contributed by atoms with Gasteiger partial charge in [0.15, 0.2) is 0 Å². The molecule has 0 saturated carbocycles. The third kappa shape index (κ3) is 2.47. The van der Waals surface area contributed by atoms with Gasteiger partial charge in [-0.25, -0.2) is 4.98 Å². The molecule has 0 unspecified atom stereocenters. The van der Waals surface area contributed by atoms with Gasteiger partial charge in [-0.15, -0.1) is 0 Å². The first-order valence-electron chi connectivity index (χ1n) is 7.18. The van der Waals surface area contributed by atoms with Crippen molar-refractivity contribution in [2.45, 2.75) is 39.0 Å². The standard InChI is InChI=1S/C16H20ClN3/c1-16(2,3)11-6-7-13-12(10-11)14(19-15(17)18-13)20-8-4-5-9-20/h6-7,10H,4-5,8-9H2,1-3H3. The Balaban J connectivity index is 2.20. The van der Waals surface area contributed by atoms with E-state index in [1.54, 1.807) is 0 Å². The summed E-state index contributed by atoms with van der Waals surface area (Å²) in [5, 5.41) is 1.45. The van der Waals surface area contributed by atoms with Crippen LogP contribution in [0.4, 0.5) is 5.82 Å². The van der Waals surface area contributed by atoms with Gasteiger partial charge in [0.05, 0.1) is 5.52 Å². The molecule has 106 valence electrons. The molecule has 4 heteroatoms. The van der Waals surface area contributed by atoms with Crippen molar-refractivity contribution in [1.82, 2.24) is 9.97 Å². The number of nitrogens with zero attached hydrogens (tertiary/aromatic N) is 3. The average Bonchev–Trinajstić information content (AvgIpc) is 2.89. The highest BCUT2D eigenvalue weighted by atomic mass is 35.5. The Morgan fingerprint density at radius 1 is 1.10 bits per heavy atom. The molecule has 1 fully saturated rings. The number of anilines is 1. The largest absolute Gasteiger partial charge is 0.356 e. The predicted molar refractivity (Wildman–Crippen MR) is 84.7 cm³/mol. The van der Waals surface area contributed by atoms with Crippen molar-refractivity contribution in [3.05, 3.63) is 29.0 Å². The zero-order valence-electron chi connectivity index (χ0n) is 12.3. The Labute approximate surface area is 125 Å². The molecule has 1 aliphatic rings. The molecule has 0 bridgehead atoms. The summed E-state index contributed by atoms with van der Waals surface area (Å²) in [7, 11) is 0. The van der Waals surface area contributed by atoms with Gasteiger partial charge < -0.3 is 4.90 Å². The molecule has 1 aromatic heterocycles. The molecule has 0 N–H and O–H groups in total. The minimum atomic E-state index is 0.121. The van der Waals surface area contributed by atoms with Crippen LogP contribution >= 0.6 is 11.6 Å². The van der Waals surface area contributed by atoms with Crippen LogP contribution in [0.1, 0.15) is 39.2 Å². The van der Waals surface area contributed by atoms with E-state index in [1.807, 2.05) is 0 Å². The molecule has 1 aromatic carbocycles. The van der Waals surface area contributed by atoms with Gasteiger partial charge in [-0.2, -0.15) is 4.98 Å². The summed E-state index contributed by atoms with van der Waals surface area (Å²) in [6, 6.07) is 6.42. The SMILES string of the molecule is CC(C)(C)c1ccc2nc(Cl)nc(N3CCCC3)c2c1. The molecule has 20 heavy (non-hydrogen) atoms. The maximum Gasteiger partial charge on any atom is 0.224 e. The summed E-state index contributed by atoms with van der Waals surface area (Å²) in [5.41, 5.74) is 2.35. The maximum absolute atomic E-state index is 6.08. The van der Waals surface area contributed by atoms with Gasteiger partial charge in [0.1, 0.15) is 5.82 Å². The third-order valence-corrected chi connectivity index (χ3v) is 4.09. The van der Waals surface area contributed by atoms with Gasteiger partial charge in [-0.05, 0) is 47.6 Å². The highest BCUT2D eigenvalue weighted by Crippen LogP contribution is 2.32. The average molecular weight is 290 g/mol. The Morgan fingerprint density at radius 2 is 1.80 bits per heavy atom. The summed E-state index contributed by atoms with van der Waals surface area (Å²) < 4.78 is 0. The Bertz CT molecular complexity index is 640. The fourth-order valence-corrected chi connectivity index (χ4v) is 2.89. The fourth-order valence-electron chi connectivity index (χ4n) is 2.72. The quantitative estimate of drug-likeness (QED) is 0.738. The van der Waals surface area contributed by atoms with Crippen molar-refractivity contribution in [3.8, 4) is 0 Å². The van der Waals surface area contributed by atoms with E-state index in [0.717, 1.165) is 29.8 Å². The molecule has 2 aromatic rings. The van der Waals surface area contributed by atoms with Crippen molar-refractivity contribution < 1.29 is 0 Å². The first kappa shape index (κ1) is 13.6. The number of hydrogen-bond acceptors (Lipinski definition) is 3. The second-order valence-corrected chi connectivity index (χ2v) is 6.83. The predicted octanol–water partition coefficient (Wildman–Crippen LogP) is 4.18. The third-order valence-electron chi connectivity index (χ3n) is 3.92. The van der Waals surface area contributed by atoms with Crippen LogP contribution in [-0.2, 0) is 5.41 Å². The van der Waals surface area contributed by atoms with E-state index in [4.69, 9.17) is 11.6 Å². The van der Waals surface area contributed by atoms with Gasteiger partial charge in [-0.3, -0.25) is 0 Å². The van der Waals surface area contributed by atoms with Gasteiger partial charge in [0.2, 0.25) is 5.28 Å². The monoisotopic (exact) mass is 289 g/mol. The number of aromatic nitrogens is 2. The summed E-state index contributed by atoms with van der Waals surface area (Å²) in [4.78, 5) is 11.2.